The summed E-state index contributed by atoms with van der Waals surface area (Å²) in [7, 11) is 0. The average Bonchev–Trinajstić information content (AvgIpc) is 2.14. The maximum Gasteiger partial charge on any atom is 0.126 e. The lowest BCUT2D eigenvalue weighted by Gasteiger charge is -1.84. The van der Waals surface area contributed by atoms with Gasteiger partial charge >= 0.3 is 0 Å². The standard InChI is InChI=1S/C4H2N2S/c5-3-4-1-2-6-7-4/h2,4H. The van der Waals surface area contributed by atoms with Crippen LogP contribution in [0.25, 0.3) is 0 Å². The van der Waals surface area contributed by atoms with E-state index in [-0.39, 0.29) is 5.25 Å². The van der Waals surface area contributed by atoms with E-state index in [1.165, 1.54) is 18.2 Å². The summed E-state index contributed by atoms with van der Waals surface area (Å²) in [4.78, 5) is 0. The Morgan fingerprint density at radius 2 is 2.86 bits per heavy atom. The summed E-state index contributed by atoms with van der Waals surface area (Å²) in [5.74, 6) is 0. The molecule has 1 aliphatic heterocycles. The Kier molecular flexibility index (Phi) is 1.32. The molecule has 0 aliphatic carbocycles. The highest BCUT2D eigenvalue weighted by molar-refractivity contribution is 7.99. The van der Waals surface area contributed by atoms with Crippen LogP contribution in [0.3, 0.4) is 0 Å². The van der Waals surface area contributed by atoms with Gasteiger partial charge in [0.2, 0.25) is 0 Å². The van der Waals surface area contributed by atoms with Crippen molar-refractivity contribution in [1.82, 2.24) is 0 Å². The zero-order valence-electron chi connectivity index (χ0n) is 3.46. The summed E-state index contributed by atoms with van der Waals surface area (Å²) in [6.45, 7) is 0. The van der Waals surface area contributed by atoms with Gasteiger partial charge in [0.05, 0.1) is 12.5 Å². The van der Waals surface area contributed by atoms with Crippen LogP contribution >= 0.6 is 11.9 Å². The van der Waals surface area contributed by atoms with Crippen LogP contribution in [0.2, 0.25) is 0 Å². The van der Waals surface area contributed by atoms with Gasteiger partial charge in [0, 0.05) is 6.21 Å². The van der Waals surface area contributed by atoms with Crippen LogP contribution in [0, 0.1) is 17.8 Å². The highest BCUT2D eigenvalue weighted by Crippen LogP contribution is 2.18. The fraction of sp³-hybridized carbons (Fsp3) is 0.250. The molecule has 0 saturated carbocycles. The maximum absolute atomic E-state index is 8.15. The zero-order chi connectivity index (χ0) is 5.11. The minimum Gasteiger partial charge on any atom is -0.227 e. The first-order valence-electron chi connectivity index (χ1n) is 1.77. The molecule has 0 bridgehead atoms. The van der Waals surface area contributed by atoms with Crippen LogP contribution in [-0.2, 0) is 0 Å². The van der Waals surface area contributed by atoms with Crippen molar-refractivity contribution >= 4 is 18.2 Å². The van der Waals surface area contributed by atoms with E-state index < -0.39 is 0 Å². The third kappa shape index (κ3) is 0.937. The molecule has 1 heterocycles. The second-order valence-electron chi connectivity index (χ2n) is 1.02. The Morgan fingerprint density at radius 1 is 2.00 bits per heavy atom. The van der Waals surface area contributed by atoms with E-state index in [0.29, 0.717) is 0 Å². The van der Waals surface area contributed by atoms with Gasteiger partial charge in [-0.25, -0.2) is 4.40 Å². The molecule has 2 nitrogen and oxygen atoms in total. The Labute approximate surface area is 46.4 Å². The van der Waals surface area contributed by atoms with E-state index in [4.69, 9.17) is 5.26 Å². The molecule has 34 valence electrons. The van der Waals surface area contributed by atoms with Gasteiger partial charge in [0.15, 0.2) is 0 Å². The van der Waals surface area contributed by atoms with Crippen LogP contribution in [0.4, 0.5) is 0 Å². The summed E-state index contributed by atoms with van der Waals surface area (Å²) in [5.41, 5.74) is 0. The molecule has 0 fully saturated rings. The van der Waals surface area contributed by atoms with Gasteiger partial charge in [-0.1, -0.05) is 0 Å². The first kappa shape index (κ1) is 4.66. The minimum atomic E-state index is -0.153. The van der Waals surface area contributed by atoms with Crippen molar-refractivity contribution in [2.75, 3.05) is 0 Å². The van der Waals surface area contributed by atoms with Gasteiger partial charge in [-0.05, 0) is 11.9 Å². The SMILES string of the molecule is N#CC1[C]C=NS1. The topological polar surface area (TPSA) is 36.1 Å². The summed E-state index contributed by atoms with van der Waals surface area (Å²) >= 11 is 1.24. The Bertz CT molecular complexity index is 116. The van der Waals surface area contributed by atoms with Crippen molar-refractivity contribution in [1.29, 1.82) is 5.26 Å². The molecule has 3 heteroatoms. The molecule has 0 spiro atoms. The van der Waals surface area contributed by atoms with Gasteiger partial charge in [0.1, 0.15) is 5.25 Å². The molecule has 0 aromatic carbocycles. The van der Waals surface area contributed by atoms with Crippen molar-refractivity contribution in [3.8, 4) is 6.07 Å². The lowest BCUT2D eigenvalue weighted by Crippen LogP contribution is -1.91. The van der Waals surface area contributed by atoms with Crippen molar-refractivity contribution in [3.05, 3.63) is 6.42 Å². The average molecular weight is 110 g/mol. The van der Waals surface area contributed by atoms with Gasteiger partial charge in [-0.2, -0.15) is 5.26 Å². The Hall–Kier alpha value is -0.490. The third-order valence-corrected chi connectivity index (χ3v) is 1.24. The molecule has 0 aromatic rings. The second-order valence-corrected chi connectivity index (χ2v) is 1.91. The first-order valence-corrected chi connectivity index (χ1v) is 2.60. The number of nitrogens with zero attached hydrogens (tertiary/aromatic N) is 2. The van der Waals surface area contributed by atoms with Crippen molar-refractivity contribution < 1.29 is 0 Å². The number of nitriles is 1. The molecule has 0 N–H and O–H groups in total. The fourth-order valence-corrected chi connectivity index (χ4v) is 0.693. The van der Waals surface area contributed by atoms with E-state index in [0.717, 1.165) is 0 Å². The van der Waals surface area contributed by atoms with Gasteiger partial charge in [-0.15, -0.1) is 0 Å². The Balaban J connectivity index is 2.39. The molecule has 7 heavy (non-hydrogen) atoms. The summed E-state index contributed by atoms with van der Waals surface area (Å²) < 4.78 is 3.69. The van der Waals surface area contributed by atoms with Crippen molar-refractivity contribution in [2.45, 2.75) is 5.25 Å². The normalized spacial score (nSPS) is 27.6. The molecule has 0 amide bonds. The molecular weight excluding hydrogens is 108 g/mol. The van der Waals surface area contributed by atoms with Crippen LogP contribution < -0.4 is 0 Å². The smallest absolute Gasteiger partial charge is 0.126 e. The highest BCUT2D eigenvalue weighted by atomic mass is 32.2. The second kappa shape index (κ2) is 1.99. The molecule has 1 aliphatic rings. The summed E-state index contributed by atoms with van der Waals surface area (Å²) in [5, 5.41) is 8.00. The first-order chi connectivity index (χ1) is 3.43. The molecular formula is C4H2N2S. The molecule has 1 rings (SSSR count). The number of hydrogen-bond acceptors (Lipinski definition) is 3. The van der Waals surface area contributed by atoms with Crippen LogP contribution in [0.1, 0.15) is 0 Å². The largest absolute Gasteiger partial charge is 0.227 e. The van der Waals surface area contributed by atoms with E-state index >= 15 is 0 Å². The summed E-state index contributed by atoms with van der Waals surface area (Å²) in [6, 6.07) is 1.99. The maximum atomic E-state index is 8.15. The third-order valence-electron chi connectivity index (χ3n) is 0.562. The Morgan fingerprint density at radius 3 is 3.14 bits per heavy atom. The molecule has 0 aromatic heterocycles. The number of hydrogen-bond donors (Lipinski definition) is 0. The van der Waals surface area contributed by atoms with Crippen LogP contribution in [0.15, 0.2) is 4.40 Å². The molecule has 1 unspecified atom stereocenters. The van der Waals surface area contributed by atoms with Crippen molar-refractivity contribution in [3.63, 3.8) is 0 Å². The van der Waals surface area contributed by atoms with E-state index in [2.05, 4.69) is 10.8 Å². The van der Waals surface area contributed by atoms with Crippen LogP contribution in [0.5, 0.6) is 0 Å². The highest BCUT2D eigenvalue weighted by Gasteiger charge is 2.10. The van der Waals surface area contributed by atoms with Gasteiger partial charge in [-0.3, -0.25) is 0 Å². The van der Waals surface area contributed by atoms with E-state index in [1.54, 1.807) is 0 Å². The minimum absolute atomic E-state index is 0.153. The van der Waals surface area contributed by atoms with Crippen molar-refractivity contribution in [2.24, 2.45) is 4.40 Å². The zero-order valence-corrected chi connectivity index (χ0v) is 4.27. The summed E-state index contributed by atoms with van der Waals surface area (Å²) in [6.07, 6.45) is 4.24. The molecule has 0 saturated heterocycles. The predicted molar refractivity (Wildman–Crippen MR) is 28.7 cm³/mol. The van der Waals surface area contributed by atoms with Gasteiger partial charge in [0.25, 0.3) is 0 Å². The monoisotopic (exact) mass is 110 g/mol. The lowest BCUT2D eigenvalue weighted by atomic mass is 10.3. The fourth-order valence-electron chi connectivity index (χ4n) is 0.281. The van der Waals surface area contributed by atoms with E-state index in [1.807, 2.05) is 6.07 Å². The van der Waals surface area contributed by atoms with Gasteiger partial charge < -0.3 is 0 Å². The number of rotatable bonds is 0. The quantitative estimate of drug-likeness (QED) is 0.430. The molecule has 1 atom stereocenters. The molecule has 2 radical (unpaired) electrons. The predicted octanol–water partition coefficient (Wildman–Crippen LogP) is 0.692. The lowest BCUT2D eigenvalue weighted by molar-refractivity contribution is 1.35. The van der Waals surface area contributed by atoms with E-state index in [9.17, 15) is 0 Å². The van der Waals surface area contributed by atoms with Crippen LogP contribution in [-0.4, -0.2) is 11.5 Å².